The van der Waals surface area contributed by atoms with E-state index in [1.54, 1.807) is 18.3 Å². The summed E-state index contributed by atoms with van der Waals surface area (Å²) >= 11 is 6.38. The van der Waals surface area contributed by atoms with E-state index in [2.05, 4.69) is 15.2 Å². The number of rotatable bonds is 2. The van der Waals surface area contributed by atoms with Gasteiger partial charge in [-0.25, -0.2) is 0 Å². The third-order valence-corrected chi connectivity index (χ3v) is 4.70. The largest absolute Gasteiger partial charge is 0.416 e. The van der Waals surface area contributed by atoms with Crippen molar-refractivity contribution in [3.05, 3.63) is 64.9 Å². The van der Waals surface area contributed by atoms with Gasteiger partial charge in [0.05, 0.1) is 11.3 Å². The van der Waals surface area contributed by atoms with Crippen LogP contribution >= 0.6 is 11.6 Å². The number of aromatic nitrogens is 4. The average molecular weight is 404 g/mol. The Morgan fingerprint density at radius 2 is 1.79 bits per heavy atom. The van der Waals surface area contributed by atoms with Gasteiger partial charge < -0.3 is 5.73 Å². The first-order chi connectivity index (χ1) is 13.3. The van der Waals surface area contributed by atoms with Gasteiger partial charge in [0.1, 0.15) is 5.15 Å². The van der Waals surface area contributed by atoms with Crippen molar-refractivity contribution < 1.29 is 13.2 Å². The number of hydrogen-bond acceptors (Lipinski definition) is 4. The number of nitrogens with zero attached hydrogens (tertiary/aromatic N) is 4. The second kappa shape index (κ2) is 6.49. The van der Waals surface area contributed by atoms with E-state index in [0.717, 1.165) is 17.7 Å². The molecule has 142 valence electrons. The van der Waals surface area contributed by atoms with Crippen molar-refractivity contribution in [3.63, 3.8) is 0 Å². The Hall–Kier alpha value is -3.13. The molecule has 0 unspecified atom stereocenters. The predicted molar refractivity (Wildman–Crippen MR) is 101 cm³/mol. The van der Waals surface area contributed by atoms with Gasteiger partial charge in [0.25, 0.3) is 0 Å². The first kappa shape index (κ1) is 18.2. The van der Waals surface area contributed by atoms with Gasteiger partial charge in [-0.3, -0.25) is 9.38 Å². The van der Waals surface area contributed by atoms with E-state index < -0.39 is 11.7 Å². The molecule has 0 aliphatic carbocycles. The molecule has 0 aliphatic rings. The Labute approximate surface area is 162 Å². The van der Waals surface area contributed by atoms with Crippen LogP contribution in [-0.4, -0.2) is 19.6 Å². The molecule has 0 fully saturated rings. The lowest BCUT2D eigenvalue weighted by atomic mass is 9.96. The van der Waals surface area contributed by atoms with Crippen molar-refractivity contribution in [2.24, 2.45) is 0 Å². The molecule has 0 amide bonds. The fraction of sp³-hybridized carbons (Fsp3) is 0.105. The highest BCUT2D eigenvalue weighted by molar-refractivity contribution is 6.30. The van der Waals surface area contributed by atoms with Gasteiger partial charge in [-0.05, 0) is 42.3 Å². The number of pyridine rings is 2. The SMILES string of the molecule is Cc1cccnc1-c1cc(Cl)n2c(N)nnc2c1-c1ccc(C(F)(F)F)cc1. The van der Waals surface area contributed by atoms with Gasteiger partial charge in [0.2, 0.25) is 5.95 Å². The van der Waals surface area contributed by atoms with Crippen LogP contribution in [0.1, 0.15) is 11.1 Å². The Morgan fingerprint density at radius 1 is 1.07 bits per heavy atom. The lowest BCUT2D eigenvalue weighted by Crippen LogP contribution is -2.04. The molecule has 9 heteroatoms. The van der Waals surface area contributed by atoms with E-state index in [0.29, 0.717) is 28.0 Å². The minimum atomic E-state index is -4.42. The van der Waals surface area contributed by atoms with Gasteiger partial charge in [0, 0.05) is 17.3 Å². The van der Waals surface area contributed by atoms with Gasteiger partial charge >= 0.3 is 6.18 Å². The average Bonchev–Trinajstić information content (AvgIpc) is 3.04. The van der Waals surface area contributed by atoms with Crippen LogP contribution in [0.4, 0.5) is 19.1 Å². The number of halogens is 4. The van der Waals surface area contributed by atoms with Crippen LogP contribution in [0.15, 0.2) is 48.7 Å². The van der Waals surface area contributed by atoms with E-state index in [4.69, 9.17) is 17.3 Å². The maximum Gasteiger partial charge on any atom is 0.416 e. The molecule has 1 aromatic carbocycles. The maximum atomic E-state index is 13.0. The summed E-state index contributed by atoms with van der Waals surface area (Å²) in [6, 6.07) is 10.2. The number of nitrogen functional groups attached to an aromatic ring is 1. The molecule has 4 aromatic rings. The zero-order valence-electron chi connectivity index (χ0n) is 14.5. The van der Waals surface area contributed by atoms with Crippen LogP contribution in [0.3, 0.4) is 0 Å². The van der Waals surface area contributed by atoms with Gasteiger partial charge in [-0.1, -0.05) is 29.8 Å². The summed E-state index contributed by atoms with van der Waals surface area (Å²) in [7, 11) is 0. The molecule has 0 radical (unpaired) electrons. The number of alkyl halides is 3. The first-order valence-electron chi connectivity index (χ1n) is 8.20. The molecule has 0 saturated heterocycles. The summed E-state index contributed by atoms with van der Waals surface area (Å²) in [6.45, 7) is 1.88. The molecule has 0 spiro atoms. The predicted octanol–water partition coefficient (Wildman–Crippen LogP) is 5.02. The zero-order valence-corrected chi connectivity index (χ0v) is 15.3. The lowest BCUT2D eigenvalue weighted by molar-refractivity contribution is -0.137. The maximum absolute atomic E-state index is 13.0. The monoisotopic (exact) mass is 403 g/mol. The number of anilines is 1. The molecule has 28 heavy (non-hydrogen) atoms. The van der Waals surface area contributed by atoms with Crippen LogP contribution in [0.2, 0.25) is 5.15 Å². The topological polar surface area (TPSA) is 69.1 Å². The summed E-state index contributed by atoms with van der Waals surface area (Å²) in [5, 5.41) is 8.23. The standard InChI is InChI=1S/C19H13ClF3N5/c1-10-3-2-8-25-16(10)13-9-14(20)28-17(26-27-18(28)24)15(13)11-4-6-12(7-5-11)19(21,22)23/h2-9H,1H3,(H2,24,27). The zero-order chi connectivity index (χ0) is 20.1. The Bertz CT molecular complexity index is 1180. The van der Waals surface area contributed by atoms with E-state index in [-0.39, 0.29) is 11.1 Å². The number of hydrogen-bond donors (Lipinski definition) is 1. The molecule has 0 atom stereocenters. The highest BCUT2D eigenvalue weighted by atomic mass is 35.5. The van der Waals surface area contributed by atoms with Crippen LogP contribution in [0.25, 0.3) is 28.0 Å². The molecule has 4 rings (SSSR count). The third-order valence-electron chi connectivity index (χ3n) is 4.42. The van der Waals surface area contributed by atoms with Gasteiger partial charge in [0.15, 0.2) is 5.65 Å². The van der Waals surface area contributed by atoms with Gasteiger partial charge in [-0.15, -0.1) is 10.2 Å². The van der Waals surface area contributed by atoms with Gasteiger partial charge in [-0.2, -0.15) is 13.2 Å². The first-order valence-corrected chi connectivity index (χ1v) is 8.58. The third kappa shape index (κ3) is 2.95. The van der Waals surface area contributed by atoms with Crippen LogP contribution in [-0.2, 0) is 6.18 Å². The molecule has 3 heterocycles. The summed E-state index contributed by atoms with van der Waals surface area (Å²) in [5.41, 5.74) is 8.67. The van der Waals surface area contributed by atoms with E-state index in [1.165, 1.54) is 16.5 Å². The molecule has 0 saturated carbocycles. The molecule has 3 aromatic heterocycles. The summed E-state index contributed by atoms with van der Waals surface area (Å²) < 4.78 is 40.3. The van der Waals surface area contributed by atoms with E-state index in [1.807, 2.05) is 13.0 Å². The highest BCUT2D eigenvalue weighted by Gasteiger charge is 2.30. The fourth-order valence-electron chi connectivity index (χ4n) is 3.11. The fourth-order valence-corrected chi connectivity index (χ4v) is 3.39. The Balaban J connectivity index is 2.05. The van der Waals surface area contributed by atoms with Crippen molar-refractivity contribution in [3.8, 4) is 22.4 Å². The number of fused-ring (bicyclic) bond motifs is 1. The van der Waals surface area contributed by atoms with Crippen molar-refractivity contribution in [1.29, 1.82) is 0 Å². The lowest BCUT2D eigenvalue weighted by Gasteiger charge is -2.15. The molecular formula is C19H13ClF3N5. The van der Waals surface area contributed by atoms with Crippen molar-refractivity contribution in [2.75, 3.05) is 5.73 Å². The number of aryl methyl sites for hydroxylation is 1. The Kier molecular flexibility index (Phi) is 4.23. The normalized spacial score (nSPS) is 11.9. The smallest absolute Gasteiger partial charge is 0.368 e. The van der Waals surface area contributed by atoms with E-state index >= 15 is 0 Å². The summed E-state index contributed by atoms with van der Waals surface area (Å²) in [5.74, 6) is 0.0810. The van der Waals surface area contributed by atoms with Crippen LogP contribution in [0, 0.1) is 6.92 Å². The van der Waals surface area contributed by atoms with Crippen molar-refractivity contribution >= 4 is 23.2 Å². The van der Waals surface area contributed by atoms with Crippen molar-refractivity contribution in [2.45, 2.75) is 13.1 Å². The number of nitrogens with two attached hydrogens (primary N) is 1. The highest BCUT2D eigenvalue weighted by Crippen LogP contribution is 2.39. The van der Waals surface area contributed by atoms with Crippen molar-refractivity contribution in [1.82, 2.24) is 19.6 Å². The molecule has 5 nitrogen and oxygen atoms in total. The molecule has 2 N–H and O–H groups in total. The van der Waals surface area contributed by atoms with Crippen LogP contribution in [0.5, 0.6) is 0 Å². The quantitative estimate of drug-likeness (QED) is 0.477. The number of benzene rings is 1. The summed E-state index contributed by atoms with van der Waals surface area (Å²) in [4.78, 5) is 4.42. The minimum Gasteiger partial charge on any atom is -0.368 e. The van der Waals surface area contributed by atoms with E-state index in [9.17, 15) is 13.2 Å². The molecule has 0 aliphatic heterocycles. The Morgan fingerprint density at radius 3 is 2.43 bits per heavy atom. The molecular weight excluding hydrogens is 391 g/mol. The minimum absolute atomic E-state index is 0.0810. The second-order valence-electron chi connectivity index (χ2n) is 6.22. The summed E-state index contributed by atoms with van der Waals surface area (Å²) in [6.07, 6.45) is -2.79. The second-order valence-corrected chi connectivity index (χ2v) is 6.60. The molecule has 0 bridgehead atoms. The van der Waals surface area contributed by atoms with Crippen LogP contribution < -0.4 is 5.73 Å².